The number of rotatable bonds is 4. The Labute approximate surface area is 101 Å². The normalized spacial score (nSPS) is 17.6. The van der Waals surface area contributed by atoms with E-state index in [-0.39, 0.29) is 5.91 Å². The van der Waals surface area contributed by atoms with E-state index in [1.807, 2.05) is 6.07 Å². The molecule has 17 heavy (non-hydrogen) atoms. The zero-order chi connectivity index (χ0) is 11.7. The monoisotopic (exact) mass is 231 g/mol. The van der Waals surface area contributed by atoms with Crippen molar-refractivity contribution in [2.24, 2.45) is 0 Å². The smallest absolute Gasteiger partial charge is 0.239 e. The van der Waals surface area contributed by atoms with Crippen molar-refractivity contribution < 1.29 is 4.79 Å². The summed E-state index contributed by atoms with van der Waals surface area (Å²) in [5.74, 6) is 0.881. The van der Waals surface area contributed by atoms with Gasteiger partial charge in [0.25, 0.3) is 0 Å². The molecule has 1 saturated carbocycles. The summed E-state index contributed by atoms with van der Waals surface area (Å²) in [6, 6.07) is 4.52. The number of aromatic nitrogens is 1. The molecule has 0 radical (unpaired) electrons. The van der Waals surface area contributed by atoms with Gasteiger partial charge in [0.1, 0.15) is 5.82 Å². The standard InChI is InChI=1S/C13H17N3O/c17-13(15-10-5-6-10)8-14-12-7-4-9-2-1-3-11(9)16-12/h4,7,10H,1-3,5-6,8H2,(H,14,16)(H,15,17). The van der Waals surface area contributed by atoms with Gasteiger partial charge in [0.2, 0.25) is 5.91 Å². The highest BCUT2D eigenvalue weighted by Gasteiger charge is 2.22. The Morgan fingerprint density at radius 3 is 3.06 bits per heavy atom. The fraction of sp³-hybridized carbons (Fsp3) is 0.538. The molecule has 2 aliphatic carbocycles. The highest BCUT2D eigenvalue weighted by Crippen LogP contribution is 2.21. The Bertz CT molecular complexity index is 440. The third kappa shape index (κ3) is 2.57. The van der Waals surface area contributed by atoms with Gasteiger partial charge in [-0.15, -0.1) is 0 Å². The van der Waals surface area contributed by atoms with Gasteiger partial charge in [-0.3, -0.25) is 4.79 Å². The Morgan fingerprint density at radius 2 is 2.24 bits per heavy atom. The Balaban J connectivity index is 1.55. The number of carbonyl (C=O) groups is 1. The average molecular weight is 231 g/mol. The van der Waals surface area contributed by atoms with Gasteiger partial charge in [0.05, 0.1) is 6.54 Å². The molecule has 0 saturated heterocycles. The number of pyridine rings is 1. The SMILES string of the molecule is O=C(CNc1ccc2c(n1)CCC2)NC1CC1. The van der Waals surface area contributed by atoms with E-state index >= 15 is 0 Å². The van der Waals surface area contributed by atoms with E-state index in [9.17, 15) is 4.79 Å². The van der Waals surface area contributed by atoms with E-state index in [0.29, 0.717) is 12.6 Å². The van der Waals surface area contributed by atoms with Crippen molar-refractivity contribution in [2.45, 2.75) is 38.1 Å². The van der Waals surface area contributed by atoms with E-state index in [4.69, 9.17) is 0 Å². The summed E-state index contributed by atoms with van der Waals surface area (Å²) >= 11 is 0. The molecule has 0 unspecified atom stereocenters. The first-order chi connectivity index (χ1) is 8.31. The number of carbonyl (C=O) groups excluding carboxylic acids is 1. The second-order valence-corrected chi connectivity index (χ2v) is 4.85. The van der Waals surface area contributed by atoms with Crippen LogP contribution in [0.2, 0.25) is 0 Å². The fourth-order valence-corrected chi connectivity index (χ4v) is 2.20. The van der Waals surface area contributed by atoms with Gasteiger partial charge >= 0.3 is 0 Å². The van der Waals surface area contributed by atoms with Gasteiger partial charge in [-0.25, -0.2) is 4.98 Å². The molecular formula is C13H17N3O. The lowest BCUT2D eigenvalue weighted by molar-refractivity contribution is -0.119. The average Bonchev–Trinajstić information content (AvgIpc) is 3.01. The molecule has 0 aromatic carbocycles. The minimum absolute atomic E-state index is 0.0646. The molecule has 0 aliphatic heterocycles. The Morgan fingerprint density at radius 1 is 1.35 bits per heavy atom. The van der Waals surface area contributed by atoms with Gasteiger partial charge in [0, 0.05) is 11.7 Å². The van der Waals surface area contributed by atoms with Crippen LogP contribution in [0.15, 0.2) is 12.1 Å². The summed E-state index contributed by atoms with van der Waals surface area (Å²) in [6.07, 6.45) is 5.67. The molecule has 0 spiro atoms. The van der Waals surface area contributed by atoms with Crippen molar-refractivity contribution in [3.8, 4) is 0 Å². The second-order valence-electron chi connectivity index (χ2n) is 4.85. The van der Waals surface area contributed by atoms with Gasteiger partial charge in [-0.2, -0.15) is 0 Å². The zero-order valence-corrected chi connectivity index (χ0v) is 9.83. The summed E-state index contributed by atoms with van der Waals surface area (Å²) in [5, 5.41) is 6.03. The van der Waals surface area contributed by atoms with Crippen LogP contribution in [0.1, 0.15) is 30.5 Å². The van der Waals surface area contributed by atoms with Crippen LogP contribution in [0.25, 0.3) is 0 Å². The van der Waals surface area contributed by atoms with Crippen molar-refractivity contribution in [3.05, 3.63) is 23.4 Å². The first kappa shape index (κ1) is 10.6. The molecule has 4 nitrogen and oxygen atoms in total. The van der Waals surface area contributed by atoms with Crippen molar-refractivity contribution in [1.29, 1.82) is 0 Å². The van der Waals surface area contributed by atoms with Gasteiger partial charge in [-0.05, 0) is 43.7 Å². The van der Waals surface area contributed by atoms with Gasteiger partial charge in [-0.1, -0.05) is 6.07 Å². The predicted octanol–water partition coefficient (Wildman–Crippen LogP) is 1.26. The number of nitrogens with one attached hydrogen (secondary N) is 2. The number of amides is 1. The molecule has 2 aliphatic rings. The number of hydrogen-bond donors (Lipinski definition) is 2. The third-order valence-corrected chi connectivity index (χ3v) is 3.30. The van der Waals surface area contributed by atoms with Gasteiger partial charge < -0.3 is 10.6 Å². The molecule has 1 amide bonds. The van der Waals surface area contributed by atoms with Crippen LogP contribution in [0.4, 0.5) is 5.82 Å². The van der Waals surface area contributed by atoms with Crippen molar-refractivity contribution in [3.63, 3.8) is 0 Å². The maximum atomic E-state index is 11.5. The topological polar surface area (TPSA) is 54.0 Å². The summed E-state index contributed by atoms with van der Waals surface area (Å²) in [5.41, 5.74) is 2.55. The largest absolute Gasteiger partial charge is 0.361 e. The first-order valence-electron chi connectivity index (χ1n) is 6.33. The van der Waals surface area contributed by atoms with E-state index in [1.165, 1.54) is 17.7 Å². The van der Waals surface area contributed by atoms with E-state index in [1.54, 1.807) is 0 Å². The molecule has 1 aromatic rings. The molecule has 1 fully saturated rings. The summed E-state index contributed by atoms with van der Waals surface area (Å²) in [6.45, 7) is 0.322. The minimum atomic E-state index is 0.0646. The highest BCUT2D eigenvalue weighted by molar-refractivity contribution is 5.80. The molecule has 0 bridgehead atoms. The molecule has 90 valence electrons. The Hall–Kier alpha value is -1.58. The molecule has 2 N–H and O–H groups in total. The second kappa shape index (κ2) is 4.35. The van der Waals surface area contributed by atoms with Crippen LogP contribution in [-0.4, -0.2) is 23.5 Å². The number of fused-ring (bicyclic) bond motifs is 1. The lowest BCUT2D eigenvalue weighted by Crippen LogP contribution is -2.31. The minimum Gasteiger partial charge on any atom is -0.361 e. The van der Waals surface area contributed by atoms with Gasteiger partial charge in [0.15, 0.2) is 0 Å². The van der Waals surface area contributed by atoms with E-state index in [2.05, 4.69) is 21.7 Å². The highest BCUT2D eigenvalue weighted by atomic mass is 16.2. The van der Waals surface area contributed by atoms with Crippen LogP contribution in [0.3, 0.4) is 0 Å². The number of anilines is 1. The zero-order valence-electron chi connectivity index (χ0n) is 9.83. The van der Waals surface area contributed by atoms with Crippen molar-refractivity contribution in [2.75, 3.05) is 11.9 Å². The third-order valence-electron chi connectivity index (χ3n) is 3.30. The molecule has 3 rings (SSSR count). The molecular weight excluding hydrogens is 214 g/mol. The Kier molecular flexibility index (Phi) is 2.71. The lowest BCUT2D eigenvalue weighted by Gasteiger charge is -2.07. The number of aryl methyl sites for hydroxylation is 2. The first-order valence-corrected chi connectivity index (χ1v) is 6.33. The van der Waals surface area contributed by atoms with E-state index in [0.717, 1.165) is 31.5 Å². The predicted molar refractivity (Wildman–Crippen MR) is 65.9 cm³/mol. The van der Waals surface area contributed by atoms with Crippen LogP contribution in [0.5, 0.6) is 0 Å². The van der Waals surface area contributed by atoms with Crippen LogP contribution < -0.4 is 10.6 Å². The molecule has 1 heterocycles. The lowest BCUT2D eigenvalue weighted by atomic mass is 10.2. The van der Waals surface area contributed by atoms with E-state index < -0.39 is 0 Å². The number of nitrogens with zero attached hydrogens (tertiary/aromatic N) is 1. The van der Waals surface area contributed by atoms with Crippen LogP contribution in [-0.2, 0) is 17.6 Å². The summed E-state index contributed by atoms with van der Waals surface area (Å²) in [4.78, 5) is 16.0. The maximum Gasteiger partial charge on any atom is 0.239 e. The number of hydrogen-bond acceptors (Lipinski definition) is 3. The van der Waals surface area contributed by atoms with Crippen molar-refractivity contribution in [1.82, 2.24) is 10.3 Å². The summed E-state index contributed by atoms with van der Waals surface area (Å²) < 4.78 is 0. The fourth-order valence-electron chi connectivity index (χ4n) is 2.20. The molecule has 1 aromatic heterocycles. The molecule has 4 heteroatoms. The quantitative estimate of drug-likeness (QED) is 0.820. The van der Waals surface area contributed by atoms with Crippen LogP contribution >= 0.6 is 0 Å². The van der Waals surface area contributed by atoms with Crippen LogP contribution in [0, 0.1) is 0 Å². The van der Waals surface area contributed by atoms with Crippen molar-refractivity contribution >= 4 is 11.7 Å². The summed E-state index contributed by atoms with van der Waals surface area (Å²) in [7, 11) is 0. The molecule has 0 atom stereocenters. The maximum absolute atomic E-state index is 11.5.